The molecule has 3 aromatic rings. The summed E-state index contributed by atoms with van der Waals surface area (Å²) < 4.78 is 1.90. The highest BCUT2D eigenvalue weighted by molar-refractivity contribution is 7.16. The summed E-state index contributed by atoms with van der Waals surface area (Å²) in [5.41, 5.74) is 3.61. The molecular formula is C19H21N5OS. The molecular weight excluding hydrogens is 346 g/mol. The van der Waals surface area contributed by atoms with Crippen molar-refractivity contribution in [1.82, 2.24) is 19.7 Å². The standard InChI is InChI=1S/C19H21N5OS/c1-10(2)24-17-13(9-20-24)12(8-15(21-17)11-6-7-11)18(25)23-19-22-14-4-3-5-16(14)26-19/h8-11H,3-7H2,1-2H3,(H,22,23,25). The molecule has 1 fully saturated rings. The van der Waals surface area contributed by atoms with E-state index < -0.39 is 0 Å². The fourth-order valence-electron chi connectivity index (χ4n) is 3.60. The van der Waals surface area contributed by atoms with Crippen molar-refractivity contribution in [1.29, 1.82) is 0 Å². The molecule has 0 aliphatic heterocycles. The van der Waals surface area contributed by atoms with Gasteiger partial charge in [-0.2, -0.15) is 5.10 Å². The van der Waals surface area contributed by atoms with Gasteiger partial charge < -0.3 is 0 Å². The lowest BCUT2D eigenvalue weighted by molar-refractivity contribution is 0.102. The Morgan fingerprint density at radius 1 is 1.31 bits per heavy atom. The molecule has 1 saturated carbocycles. The van der Waals surface area contributed by atoms with Crippen LogP contribution >= 0.6 is 11.3 Å². The number of aromatic nitrogens is 4. The number of aryl methyl sites for hydroxylation is 2. The van der Waals surface area contributed by atoms with Gasteiger partial charge in [0.1, 0.15) is 0 Å². The molecule has 0 bridgehead atoms. The predicted molar refractivity (Wildman–Crippen MR) is 102 cm³/mol. The lowest BCUT2D eigenvalue weighted by Gasteiger charge is -2.10. The highest BCUT2D eigenvalue weighted by atomic mass is 32.1. The second-order valence-electron chi connectivity index (χ2n) is 7.49. The first-order chi connectivity index (χ1) is 12.6. The van der Waals surface area contributed by atoms with Gasteiger partial charge in [-0.15, -0.1) is 11.3 Å². The van der Waals surface area contributed by atoms with Crippen LogP contribution < -0.4 is 5.32 Å². The van der Waals surface area contributed by atoms with Crippen LogP contribution in [0.3, 0.4) is 0 Å². The minimum atomic E-state index is -0.116. The van der Waals surface area contributed by atoms with Gasteiger partial charge >= 0.3 is 0 Å². The summed E-state index contributed by atoms with van der Waals surface area (Å²) in [6, 6.07) is 2.15. The van der Waals surface area contributed by atoms with Crippen molar-refractivity contribution in [3.05, 3.63) is 34.1 Å². The first-order valence-corrected chi connectivity index (χ1v) is 10.1. The quantitative estimate of drug-likeness (QED) is 0.754. The number of rotatable bonds is 4. The van der Waals surface area contributed by atoms with Crippen LogP contribution in [0.1, 0.15) is 71.7 Å². The molecule has 0 saturated heterocycles. The Morgan fingerprint density at radius 2 is 2.15 bits per heavy atom. The number of hydrogen-bond acceptors (Lipinski definition) is 5. The van der Waals surface area contributed by atoms with E-state index in [2.05, 4.69) is 29.2 Å². The van der Waals surface area contributed by atoms with Gasteiger partial charge in [0.05, 0.1) is 22.8 Å². The van der Waals surface area contributed by atoms with Crippen LogP contribution in [0.4, 0.5) is 5.13 Å². The third kappa shape index (κ3) is 2.61. The van der Waals surface area contributed by atoms with Gasteiger partial charge in [0.25, 0.3) is 5.91 Å². The van der Waals surface area contributed by atoms with Gasteiger partial charge in [-0.3, -0.25) is 10.1 Å². The molecule has 0 aromatic carbocycles. The van der Waals surface area contributed by atoms with Crippen molar-refractivity contribution >= 4 is 33.4 Å². The van der Waals surface area contributed by atoms with E-state index in [4.69, 9.17) is 4.98 Å². The zero-order chi connectivity index (χ0) is 17.8. The van der Waals surface area contributed by atoms with E-state index in [-0.39, 0.29) is 11.9 Å². The van der Waals surface area contributed by atoms with Crippen LogP contribution in [0.5, 0.6) is 0 Å². The second kappa shape index (κ2) is 5.87. The maximum absolute atomic E-state index is 13.0. The first kappa shape index (κ1) is 15.9. The summed E-state index contributed by atoms with van der Waals surface area (Å²) in [7, 11) is 0. The van der Waals surface area contributed by atoms with Crippen LogP contribution in [0.15, 0.2) is 12.3 Å². The normalized spacial score (nSPS) is 16.4. The molecule has 1 amide bonds. The van der Waals surface area contributed by atoms with Crippen molar-refractivity contribution in [2.45, 2.75) is 57.9 Å². The largest absolute Gasteiger partial charge is 0.298 e. The number of anilines is 1. The van der Waals surface area contributed by atoms with Crippen molar-refractivity contribution in [2.24, 2.45) is 0 Å². The third-order valence-electron chi connectivity index (χ3n) is 5.13. The molecule has 0 spiro atoms. The minimum absolute atomic E-state index is 0.116. The number of pyridine rings is 1. The van der Waals surface area contributed by atoms with E-state index >= 15 is 0 Å². The Labute approximate surface area is 155 Å². The summed E-state index contributed by atoms with van der Waals surface area (Å²) in [6.07, 6.45) is 7.33. The maximum Gasteiger partial charge on any atom is 0.258 e. The number of carbonyl (C=O) groups is 1. The van der Waals surface area contributed by atoms with E-state index in [1.807, 2.05) is 10.7 Å². The van der Waals surface area contributed by atoms with Gasteiger partial charge in [-0.05, 0) is 52.0 Å². The lowest BCUT2D eigenvalue weighted by atomic mass is 10.1. The van der Waals surface area contributed by atoms with Crippen molar-refractivity contribution in [3.63, 3.8) is 0 Å². The molecule has 0 unspecified atom stereocenters. The second-order valence-corrected chi connectivity index (χ2v) is 8.57. The number of hydrogen-bond donors (Lipinski definition) is 1. The van der Waals surface area contributed by atoms with Gasteiger partial charge in [0, 0.05) is 22.5 Å². The van der Waals surface area contributed by atoms with E-state index in [9.17, 15) is 4.79 Å². The van der Waals surface area contributed by atoms with E-state index in [0.29, 0.717) is 16.6 Å². The zero-order valence-electron chi connectivity index (χ0n) is 15.0. The van der Waals surface area contributed by atoms with E-state index in [0.717, 1.165) is 48.1 Å². The van der Waals surface area contributed by atoms with E-state index in [1.54, 1.807) is 17.5 Å². The first-order valence-electron chi connectivity index (χ1n) is 9.28. The molecule has 26 heavy (non-hydrogen) atoms. The summed E-state index contributed by atoms with van der Waals surface area (Å²) >= 11 is 1.60. The number of carbonyl (C=O) groups excluding carboxylic acids is 1. The Kier molecular flexibility index (Phi) is 3.60. The summed E-state index contributed by atoms with van der Waals surface area (Å²) in [6.45, 7) is 4.16. The molecule has 2 aliphatic carbocycles. The average molecular weight is 367 g/mol. The van der Waals surface area contributed by atoms with Crippen molar-refractivity contribution in [3.8, 4) is 0 Å². The van der Waals surface area contributed by atoms with Crippen LogP contribution in [0, 0.1) is 0 Å². The lowest BCUT2D eigenvalue weighted by Crippen LogP contribution is -2.14. The van der Waals surface area contributed by atoms with Crippen LogP contribution in [0.25, 0.3) is 11.0 Å². The smallest absolute Gasteiger partial charge is 0.258 e. The van der Waals surface area contributed by atoms with Crippen molar-refractivity contribution in [2.75, 3.05) is 5.32 Å². The molecule has 2 aliphatic rings. The molecule has 3 heterocycles. The Morgan fingerprint density at radius 3 is 2.88 bits per heavy atom. The monoisotopic (exact) mass is 367 g/mol. The van der Waals surface area contributed by atoms with Crippen LogP contribution in [-0.2, 0) is 12.8 Å². The Balaban J connectivity index is 1.54. The summed E-state index contributed by atoms with van der Waals surface area (Å²) in [5, 5.41) is 8.99. The summed E-state index contributed by atoms with van der Waals surface area (Å²) in [4.78, 5) is 23.7. The van der Waals surface area contributed by atoms with Gasteiger partial charge in [-0.1, -0.05) is 0 Å². The Hall–Kier alpha value is -2.28. The molecule has 0 radical (unpaired) electrons. The minimum Gasteiger partial charge on any atom is -0.298 e. The number of nitrogens with zero attached hydrogens (tertiary/aromatic N) is 4. The molecule has 0 atom stereocenters. The number of amides is 1. The molecule has 3 aromatic heterocycles. The molecule has 7 heteroatoms. The van der Waals surface area contributed by atoms with Gasteiger partial charge in [0.15, 0.2) is 10.8 Å². The molecule has 5 rings (SSSR count). The van der Waals surface area contributed by atoms with Gasteiger partial charge in [-0.25, -0.2) is 14.6 Å². The number of nitrogens with one attached hydrogen (secondary N) is 1. The van der Waals surface area contributed by atoms with Crippen molar-refractivity contribution < 1.29 is 4.79 Å². The third-order valence-corrected chi connectivity index (χ3v) is 6.20. The average Bonchev–Trinajstić information content (AvgIpc) is 3.04. The summed E-state index contributed by atoms with van der Waals surface area (Å²) in [5.74, 6) is 0.361. The SMILES string of the molecule is CC(C)n1ncc2c(C(=O)Nc3nc4c(s3)CCC4)cc(C3CC3)nc21. The molecule has 6 nitrogen and oxygen atoms in total. The highest BCUT2D eigenvalue weighted by Crippen LogP contribution is 2.40. The van der Waals surface area contributed by atoms with Crippen LogP contribution in [-0.4, -0.2) is 25.7 Å². The fraction of sp³-hybridized carbons (Fsp3) is 0.474. The zero-order valence-corrected chi connectivity index (χ0v) is 15.8. The molecule has 1 N–H and O–H groups in total. The highest BCUT2D eigenvalue weighted by Gasteiger charge is 2.28. The topological polar surface area (TPSA) is 72.7 Å². The molecule has 134 valence electrons. The Bertz CT molecular complexity index is 993. The maximum atomic E-state index is 13.0. The van der Waals surface area contributed by atoms with E-state index in [1.165, 1.54) is 11.3 Å². The van der Waals surface area contributed by atoms with Gasteiger partial charge in [0.2, 0.25) is 0 Å². The fourth-order valence-corrected chi connectivity index (χ4v) is 4.64. The predicted octanol–water partition coefficient (Wildman–Crippen LogP) is 4.09. The van der Waals surface area contributed by atoms with Crippen LogP contribution in [0.2, 0.25) is 0 Å². The number of thiazole rings is 1. The number of fused-ring (bicyclic) bond motifs is 2.